The molecule has 94 valence electrons. The number of esters is 1. The van der Waals surface area contributed by atoms with Crippen molar-refractivity contribution in [3.05, 3.63) is 0 Å². The summed E-state index contributed by atoms with van der Waals surface area (Å²) in [5.74, 6) is -0.112. The normalized spacial score (nSPS) is 10.2. The van der Waals surface area contributed by atoms with Crippen molar-refractivity contribution in [1.29, 1.82) is 0 Å². The van der Waals surface area contributed by atoms with Gasteiger partial charge in [-0.1, -0.05) is 0 Å². The molecule has 0 fully saturated rings. The smallest absolute Gasteiger partial charge is 0.305 e. The molecular formula is C11H22N2O3. The molecule has 0 bridgehead atoms. The van der Waals surface area contributed by atoms with E-state index in [-0.39, 0.29) is 11.9 Å². The molecule has 0 radical (unpaired) electrons. The van der Waals surface area contributed by atoms with Crippen LogP contribution in [0.2, 0.25) is 0 Å². The second-order valence-electron chi connectivity index (χ2n) is 3.69. The minimum atomic E-state index is -0.183. The number of methoxy groups -OCH3 is 1. The predicted molar refractivity (Wildman–Crippen MR) is 62.0 cm³/mol. The number of carbonyl (C=O) groups excluding carboxylic acids is 2. The molecule has 16 heavy (non-hydrogen) atoms. The molecule has 0 aliphatic rings. The molecular weight excluding hydrogens is 208 g/mol. The van der Waals surface area contributed by atoms with Crippen LogP contribution in [0, 0.1) is 0 Å². The van der Waals surface area contributed by atoms with E-state index in [2.05, 4.69) is 10.1 Å². The average Bonchev–Trinajstić information content (AvgIpc) is 2.26. The fourth-order valence-electron chi connectivity index (χ4n) is 1.29. The molecule has 0 rings (SSSR count). The first-order valence-corrected chi connectivity index (χ1v) is 5.62. The zero-order valence-corrected chi connectivity index (χ0v) is 10.4. The fraction of sp³-hybridized carbons (Fsp3) is 0.818. The van der Waals surface area contributed by atoms with Gasteiger partial charge < -0.3 is 15.0 Å². The van der Waals surface area contributed by atoms with Crippen LogP contribution < -0.4 is 5.32 Å². The Morgan fingerprint density at radius 1 is 1.25 bits per heavy atom. The molecule has 0 unspecified atom stereocenters. The van der Waals surface area contributed by atoms with Crippen LogP contribution in [0.5, 0.6) is 0 Å². The third kappa shape index (κ3) is 8.23. The number of ether oxygens (including phenoxy) is 1. The summed E-state index contributed by atoms with van der Waals surface area (Å²) in [7, 11) is 3.33. The summed E-state index contributed by atoms with van der Waals surface area (Å²) in [5.41, 5.74) is 0. The minimum absolute atomic E-state index is 0.0716. The number of rotatable bonds is 8. The van der Waals surface area contributed by atoms with Gasteiger partial charge in [0.15, 0.2) is 0 Å². The molecule has 0 aromatic rings. The van der Waals surface area contributed by atoms with Crippen molar-refractivity contribution in [1.82, 2.24) is 10.2 Å². The fourth-order valence-corrected chi connectivity index (χ4v) is 1.29. The zero-order chi connectivity index (χ0) is 12.4. The second kappa shape index (κ2) is 9.15. The van der Waals surface area contributed by atoms with Crippen molar-refractivity contribution < 1.29 is 14.3 Å². The van der Waals surface area contributed by atoms with Gasteiger partial charge in [0.05, 0.1) is 7.11 Å². The molecule has 0 aromatic heterocycles. The lowest BCUT2D eigenvalue weighted by molar-refractivity contribution is -0.140. The van der Waals surface area contributed by atoms with Crippen molar-refractivity contribution in [3.8, 4) is 0 Å². The van der Waals surface area contributed by atoms with Crippen LogP contribution in [0.1, 0.15) is 26.2 Å². The molecule has 0 saturated heterocycles. The highest BCUT2D eigenvalue weighted by Crippen LogP contribution is 1.96. The number of nitrogens with one attached hydrogen (secondary N) is 1. The second-order valence-corrected chi connectivity index (χ2v) is 3.69. The summed E-state index contributed by atoms with van der Waals surface area (Å²) in [5, 5.41) is 2.74. The summed E-state index contributed by atoms with van der Waals surface area (Å²) in [6, 6.07) is 0. The van der Waals surface area contributed by atoms with Gasteiger partial charge in [0.25, 0.3) is 0 Å². The number of hydrogen-bond donors (Lipinski definition) is 1. The third-order valence-corrected chi connectivity index (χ3v) is 2.24. The van der Waals surface area contributed by atoms with Crippen molar-refractivity contribution in [2.24, 2.45) is 0 Å². The first-order valence-electron chi connectivity index (χ1n) is 5.62. The summed E-state index contributed by atoms with van der Waals surface area (Å²) < 4.78 is 4.54. The van der Waals surface area contributed by atoms with Crippen LogP contribution in [0.15, 0.2) is 0 Å². The van der Waals surface area contributed by atoms with Crippen LogP contribution in [-0.4, -0.2) is 50.6 Å². The maximum atomic E-state index is 11.2. The number of hydrogen-bond acceptors (Lipinski definition) is 4. The van der Waals surface area contributed by atoms with Crippen LogP contribution in [0.25, 0.3) is 0 Å². The molecule has 0 saturated carbocycles. The first kappa shape index (κ1) is 14.9. The van der Waals surface area contributed by atoms with Gasteiger partial charge in [-0.05, 0) is 26.9 Å². The molecule has 0 spiro atoms. The van der Waals surface area contributed by atoms with E-state index in [0.717, 1.165) is 13.0 Å². The monoisotopic (exact) mass is 230 g/mol. The lowest BCUT2D eigenvalue weighted by atomic mass is 10.3. The molecule has 0 aliphatic carbocycles. The molecule has 0 aromatic carbocycles. The molecule has 1 N–H and O–H groups in total. The van der Waals surface area contributed by atoms with Gasteiger partial charge in [-0.25, -0.2) is 0 Å². The van der Waals surface area contributed by atoms with Crippen molar-refractivity contribution in [2.45, 2.75) is 26.2 Å². The number of nitrogens with zero attached hydrogens (tertiary/aromatic N) is 1. The standard InChI is InChI=1S/C11H22N2O3/c1-4-12-10(14)7-9-13(2)8-5-6-11(15)16-3/h4-9H2,1-3H3,(H,12,14). The number of carbonyl (C=O) groups is 2. The largest absolute Gasteiger partial charge is 0.469 e. The van der Waals surface area contributed by atoms with Crippen molar-refractivity contribution in [2.75, 3.05) is 33.8 Å². The Hall–Kier alpha value is -1.10. The van der Waals surface area contributed by atoms with E-state index in [1.165, 1.54) is 7.11 Å². The maximum Gasteiger partial charge on any atom is 0.305 e. The Labute approximate surface area is 97.1 Å². The Kier molecular flexibility index (Phi) is 8.52. The molecule has 1 amide bonds. The average molecular weight is 230 g/mol. The summed E-state index contributed by atoms with van der Waals surface area (Å²) >= 11 is 0. The predicted octanol–water partition coefficient (Wildman–Crippen LogP) is 0.398. The quantitative estimate of drug-likeness (QED) is 0.613. The molecule has 0 aliphatic heterocycles. The Balaban J connectivity index is 3.47. The number of amides is 1. The van der Waals surface area contributed by atoms with E-state index in [4.69, 9.17) is 0 Å². The highest BCUT2D eigenvalue weighted by molar-refractivity contribution is 5.75. The van der Waals surface area contributed by atoms with E-state index in [9.17, 15) is 9.59 Å². The molecule has 5 heteroatoms. The van der Waals surface area contributed by atoms with E-state index >= 15 is 0 Å². The molecule has 0 atom stereocenters. The topological polar surface area (TPSA) is 58.6 Å². The highest BCUT2D eigenvalue weighted by atomic mass is 16.5. The van der Waals surface area contributed by atoms with Crippen molar-refractivity contribution >= 4 is 11.9 Å². The van der Waals surface area contributed by atoms with Gasteiger partial charge in [0, 0.05) is 25.9 Å². The van der Waals surface area contributed by atoms with Gasteiger partial charge in [-0.3, -0.25) is 9.59 Å². The highest BCUT2D eigenvalue weighted by Gasteiger charge is 2.05. The van der Waals surface area contributed by atoms with E-state index in [1.807, 2.05) is 18.9 Å². The van der Waals surface area contributed by atoms with Gasteiger partial charge in [-0.2, -0.15) is 0 Å². The Morgan fingerprint density at radius 2 is 1.94 bits per heavy atom. The SMILES string of the molecule is CCNC(=O)CCN(C)CCCC(=O)OC. The third-order valence-electron chi connectivity index (χ3n) is 2.24. The molecule has 5 nitrogen and oxygen atoms in total. The van der Waals surface area contributed by atoms with Gasteiger partial charge in [0.2, 0.25) is 5.91 Å². The van der Waals surface area contributed by atoms with E-state index in [0.29, 0.717) is 25.9 Å². The summed E-state index contributed by atoms with van der Waals surface area (Å²) in [6.07, 6.45) is 1.70. The first-order chi connectivity index (χ1) is 7.60. The zero-order valence-electron chi connectivity index (χ0n) is 10.4. The van der Waals surface area contributed by atoms with E-state index in [1.54, 1.807) is 0 Å². The Bertz CT molecular complexity index is 219. The summed E-state index contributed by atoms with van der Waals surface area (Å²) in [4.78, 5) is 24.0. The van der Waals surface area contributed by atoms with E-state index < -0.39 is 0 Å². The van der Waals surface area contributed by atoms with Crippen LogP contribution in [0.3, 0.4) is 0 Å². The van der Waals surface area contributed by atoms with Crippen LogP contribution in [0.4, 0.5) is 0 Å². The minimum Gasteiger partial charge on any atom is -0.469 e. The van der Waals surface area contributed by atoms with Crippen LogP contribution in [-0.2, 0) is 14.3 Å². The molecule has 0 heterocycles. The summed E-state index contributed by atoms with van der Waals surface area (Å²) in [6.45, 7) is 4.09. The van der Waals surface area contributed by atoms with Gasteiger partial charge >= 0.3 is 5.97 Å². The van der Waals surface area contributed by atoms with Crippen molar-refractivity contribution in [3.63, 3.8) is 0 Å². The lowest BCUT2D eigenvalue weighted by Gasteiger charge is -2.15. The van der Waals surface area contributed by atoms with Crippen LogP contribution >= 0.6 is 0 Å². The van der Waals surface area contributed by atoms with Gasteiger partial charge in [0.1, 0.15) is 0 Å². The Morgan fingerprint density at radius 3 is 2.50 bits per heavy atom. The maximum absolute atomic E-state index is 11.2. The lowest BCUT2D eigenvalue weighted by Crippen LogP contribution is -2.29. The van der Waals surface area contributed by atoms with Gasteiger partial charge in [-0.15, -0.1) is 0 Å².